The monoisotopic (exact) mass is 217 g/mol. The minimum Gasteiger partial charge on any atom is -0.361 e. The van der Waals surface area contributed by atoms with Crippen LogP contribution in [0.5, 0.6) is 0 Å². The van der Waals surface area contributed by atoms with Crippen LogP contribution in [0.4, 0.5) is 0 Å². The molecule has 2 nitrogen and oxygen atoms in total. The summed E-state index contributed by atoms with van der Waals surface area (Å²) in [6, 6.07) is 1.99. The Kier molecular flexibility index (Phi) is 3.12. The van der Waals surface area contributed by atoms with Gasteiger partial charge in [-0.2, -0.15) is 0 Å². The summed E-state index contributed by atoms with van der Waals surface area (Å²) in [7, 11) is 0. The SMILES string of the molecule is Cc1cc(C(C)CCBr)on1. The lowest BCUT2D eigenvalue weighted by Gasteiger charge is -2.02. The second-order valence-corrected chi connectivity index (χ2v) is 3.54. The average Bonchev–Trinajstić information content (AvgIpc) is 2.36. The van der Waals surface area contributed by atoms with E-state index in [-0.39, 0.29) is 0 Å². The van der Waals surface area contributed by atoms with Gasteiger partial charge >= 0.3 is 0 Å². The fraction of sp³-hybridized carbons (Fsp3) is 0.625. The van der Waals surface area contributed by atoms with E-state index < -0.39 is 0 Å². The van der Waals surface area contributed by atoms with Crippen molar-refractivity contribution in [2.75, 3.05) is 5.33 Å². The Morgan fingerprint density at radius 1 is 1.73 bits per heavy atom. The van der Waals surface area contributed by atoms with Crippen molar-refractivity contribution in [1.29, 1.82) is 0 Å². The highest BCUT2D eigenvalue weighted by Crippen LogP contribution is 2.19. The number of rotatable bonds is 3. The van der Waals surface area contributed by atoms with Crippen LogP contribution >= 0.6 is 15.9 Å². The molecule has 3 heteroatoms. The summed E-state index contributed by atoms with van der Waals surface area (Å²) >= 11 is 3.39. The molecule has 0 saturated carbocycles. The van der Waals surface area contributed by atoms with Crippen molar-refractivity contribution in [3.05, 3.63) is 17.5 Å². The minimum absolute atomic E-state index is 0.468. The molecule has 0 spiro atoms. The number of alkyl halides is 1. The zero-order valence-electron chi connectivity index (χ0n) is 6.80. The first kappa shape index (κ1) is 8.78. The van der Waals surface area contributed by atoms with Crippen molar-refractivity contribution >= 4 is 15.9 Å². The zero-order chi connectivity index (χ0) is 8.27. The highest BCUT2D eigenvalue weighted by molar-refractivity contribution is 9.09. The van der Waals surface area contributed by atoms with Crippen LogP contribution in [0.2, 0.25) is 0 Å². The Balaban J connectivity index is 2.60. The molecule has 0 aliphatic heterocycles. The third-order valence-electron chi connectivity index (χ3n) is 1.67. The highest BCUT2D eigenvalue weighted by atomic mass is 79.9. The number of aromatic nitrogens is 1. The van der Waals surface area contributed by atoms with Gasteiger partial charge in [-0.25, -0.2) is 0 Å². The molecular formula is C8H12BrNO. The third kappa shape index (κ3) is 2.33. The van der Waals surface area contributed by atoms with Crippen LogP contribution < -0.4 is 0 Å². The van der Waals surface area contributed by atoms with E-state index in [1.165, 1.54) is 0 Å². The Morgan fingerprint density at radius 2 is 2.45 bits per heavy atom. The van der Waals surface area contributed by atoms with Gasteiger partial charge in [-0.15, -0.1) is 0 Å². The lowest BCUT2D eigenvalue weighted by atomic mass is 10.1. The van der Waals surface area contributed by atoms with E-state index in [4.69, 9.17) is 4.52 Å². The van der Waals surface area contributed by atoms with Gasteiger partial charge in [0, 0.05) is 17.3 Å². The molecule has 0 aliphatic rings. The molecule has 0 fully saturated rings. The predicted molar refractivity (Wildman–Crippen MR) is 48.1 cm³/mol. The van der Waals surface area contributed by atoms with Crippen LogP contribution in [0.25, 0.3) is 0 Å². The quantitative estimate of drug-likeness (QED) is 0.729. The minimum atomic E-state index is 0.468. The van der Waals surface area contributed by atoms with Crippen LogP contribution in [0.3, 0.4) is 0 Å². The van der Waals surface area contributed by atoms with E-state index in [0.29, 0.717) is 5.92 Å². The van der Waals surface area contributed by atoms with Crippen LogP contribution in [-0.2, 0) is 0 Å². The summed E-state index contributed by atoms with van der Waals surface area (Å²) < 4.78 is 5.11. The molecule has 1 unspecified atom stereocenters. The molecule has 0 amide bonds. The van der Waals surface area contributed by atoms with Crippen molar-refractivity contribution < 1.29 is 4.52 Å². The molecule has 1 rings (SSSR count). The second kappa shape index (κ2) is 3.90. The van der Waals surface area contributed by atoms with Crippen LogP contribution in [-0.4, -0.2) is 10.5 Å². The summed E-state index contributed by atoms with van der Waals surface area (Å²) in [4.78, 5) is 0. The molecule has 0 radical (unpaired) electrons. The van der Waals surface area contributed by atoms with Crippen LogP contribution in [0.1, 0.15) is 30.7 Å². The van der Waals surface area contributed by atoms with Crippen molar-refractivity contribution in [2.24, 2.45) is 0 Å². The first-order valence-corrected chi connectivity index (χ1v) is 4.85. The first-order valence-electron chi connectivity index (χ1n) is 3.73. The lowest BCUT2D eigenvalue weighted by molar-refractivity contribution is 0.360. The molecular weight excluding hydrogens is 206 g/mol. The summed E-state index contributed by atoms with van der Waals surface area (Å²) in [5.41, 5.74) is 0.960. The molecule has 11 heavy (non-hydrogen) atoms. The molecule has 0 bridgehead atoms. The standard InChI is InChI=1S/C8H12BrNO/c1-6(3-4-9)8-5-7(2)10-11-8/h5-6H,3-4H2,1-2H3. The van der Waals surface area contributed by atoms with E-state index in [9.17, 15) is 0 Å². The molecule has 1 aromatic heterocycles. The fourth-order valence-electron chi connectivity index (χ4n) is 0.921. The average molecular weight is 218 g/mol. The maximum Gasteiger partial charge on any atom is 0.139 e. The maximum absolute atomic E-state index is 5.11. The largest absolute Gasteiger partial charge is 0.361 e. The van der Waals surface area contributed by atoms with Gasteiger partial charge in [-0.3, -0.25) is 0 Å². The number of nitrogens with zero attached hydrogens (tertiary/aromatic N) is 1. The van der Waals surface area contributed by atoms with Crippen molar-refractivity contribution in [2.45, 2.75) is 26.2 Å². The maximum atomic E-state index is 5.11. The van der Waals surface area contributed by atoms with Gasteiger partial charge in [0.15, 0.2) is 0 Å². The van der Waals surface area contributed by atoms with Crippen molar-refractivity contribution in [1.82, 2.24) is 5.16 Å². The van der Waals surface area contributed by atoms with E-state index >= 15 is 0 Å². The van der Waals surface area contributed by atoms with Gasteiger partial charge in [0.05, 0.1) is 5.69 Å². The van der Waals surface area contributed by atoms with Gasteiger partial charge in [0.1, 0.15) is 5.76 Å². The Hall–Kier alpha value is -0.310. The van der Waals surface area contributed by atoms with E-state index in [0.717, 1.165) is 23.2 Å². The molecule has 62 valence electrons. The van der Waals surface area contributed by atoms with Gasteiger partial charge in [-0.05, 0) is 13.3 Å². The van der Waals surface area contributed by atoms with E-state index in [1.54, 1.807) is 0 Å². The van der Waals surface area contributed by atoms with Crippen molar-refractivity contribution in [3.8, 4) is 0 Å². The molecule has 1 aromatic rings. The Labute approximate surface area is 75.1 Å². The fourth-order valence-corrected chi connectivity index (χ4v) is 1.61. The molecule has 0 aromatic carbocycles. The van der Waals surface area contributed by atoms with Gasteiger partial charge in [0.2, 0.25) is 0 Å². The number of aryl methyl sites for hydroxylation is 1. The van der Waals surface area contributed by atoms with Crippen molar-refractivity contribution in [3.63, 3.8) is 0 Å². The van der Waals surface area contributed by atoms with Crippen LogP contribution in [0.15, 0.2) is 10.6 Å². The van der Waals surface area contributed by atoms with E-state index in [1.807, 2.05) is 13.0 Å². The highest BCUT2D eigenvalue weighted by Gasteiger charge is 2.09. The summed E-state index contributed by atoms with van der Waals surface area (Å²) in [5.74, 6) is 1.46. The first-order chi connectivity index (χ1) is 5.24. The van der Waals surface area contributed by atoms with Gasteiger partial charge < -0.3 is 4.52 Å². The van der Waals surface area contributed by atoms with Crippen LogP contribution in [0, 0.1) is 6.92 Å². The van der Waals surface area contributed by atoms with E-state index in [2.05, 4.69) is 28.0 Å². The second-order valence-electron chi connectivity index (χ2n) is 2.75. The number of halogens is 1. The molecule has 0 saturated heterocycles. The van der Waals surface area contributed by atoms with Gasteiger partial charge in [0.25, 0.3) is 0 Å². The smallest absolute Gasteiger partial charge is 0.139 e. The molecule has 1 heterocycles. The molecule has 0 N–H and O–H groups in total. The Bertz CT molecular complexity index is 222. The number of hydrogen-bond donors (Lipinski definition) is 0. The molecule has 0 aliphatic carbocycles. The lowest BCUT2D eigenvalue weighted by Crippen LogP contribution is -1.91. The topological polar surface area (TPSA) is 26.0 Å². The van der Waals surface area contributed by atoms with Gasteiger partial charge in [-0.1, -0.05) is 28.0 Å². The normalized spacial score (nSPS) is 13.4. The summed E-state index contributed by atoms with van der Waals surface area (Å²) in [5, 5.41) is 4.84. The molecule has 1 atom stereocenters. The Morgan fingerprint density at radius 3 is 2.91 bits per heavy atom. The zero-order valence-corrected chi connectivity index (χ0v) is 8.39. The number of hydrogen-bond acceptors (Lipinski definition) is 2. The summed E-state index contributed by atoms with van der Waals surface area (Å²) in [6.45, 7) is 4.08. The predicted octanol–water partition coefficient (Wildman–Crippen LogP) is 2.87. The third-order valence-corrected chi connectivity index (χ3v) is 2.13. The summed E-state index contributed by atoms with van der Waals surface area (Å²) in [6.07, 6.45) is 1.09.